The van der Waals surface area contributed by atoms with Crippen molar-refractivity contribution in [2.24, 2.45) is 0 Å². The van der Waals surface area contributed by atoms with E-state index >= 15 is 0 Å². The van der Waals surface area contributed by atoms with Crippen LogP contribution in [-0.2, 0) is 16.1 Å². The first-order valence-corrected chi connectivity index (χ1v) is 10.1. The highest BCUT2D eigenvalue weighted by atomic mass is 16.5. The molecule has 0 bridgehead atoms. The molecular formula is C22H28N2O6. The van der Waals surface area contributed by atoms with Crippen molar-refractivity contribution >= 4 is 11.9 Å². The average Bonchev–Trinajstić information content (AvgIpc) is 3.09. The van der Waals surface area contributed by atoms with Crippen LogP contribution in [-0.4, -0.2) is 48.2 Å². The lowest BCUT2D eigenvalue weighted by atomic mass is 10.1. The summed E-state index contributed by atoms with van der Waals surface area (Å²) in [5, 5.41) is 3.91. The summed E-state index contributed by atoms with van der Waals surface area (Å²) in [6.45, 7) is 6.96. The number of likely N-dealkylation sites (tertiary alicyclic amines) is 1. The average molecular weight is 416 g/mol. The molecule has 2 aromatic rings. The van der Waals surface area contributed by atoms with E-state index < -0.39 is 12.1 Å². The number of hydrogen-bond acceptors (Lipinski definition) is 7. The van der Waals surface area contributed by atoms with Gasteiger partial charge in [-0.15, -0.1) is 0 Å². The number of aromatic nitrogens is 1. The molecule has 0 unspecified atom stereocenters. The summed E-state index contributed by atoms with van der Waals surface area (Å²) >= 11 is 0. The maximum Gasteiger partial charge on any atom is 0.339 e. The van der Waals surface area contributed by atoms with Gasteiger partial charge in [-0.1, -0.05) is 5.16 Å². The van der Waals surface area contributed by atoms with Gasteiger partial charge < -0.3 is 23.6 Å². The normalized spacial score (nSPS) is 14.9. The second-order valence-electron chi connectivity index (χ2n) is 7.39. The molecule has 1 atom stereocenters. The van der Waals surface area contributed by atoms with Gasteiger partial charge in [0.15, 0.2) is 17.6 Å². The maximum absolute atomic E-state index is 12.5. The highest BCUT2D eigenvalue weighted by Crippen LogP contribution is 2.30. The van der Waals surface area contributed by atoms with Gasteiger partial charge in [-0.05, 0) is 58.2 Å². The third kappa shape index (κ3) is 4.93. The molecule has 0 N–H and O–H groups in total. The van der Waals surface area contributed by atoms with Gasteiger partial charge in [-0.2, -0.15) is 0 Å². The summed E-state index contributed by atoms with van der Waals surface area (Å²) in [5.41, 5.74) is 1.92. The Hall–Kier alpha value is -3.03. The summed E-state index contributed by atoms with van der Waals surface area (Å²) in [6, 6.07) is 4.78. The number of nitrogens with zero attached hydrogens (tertiary/aromatic N) is 2. The smallest absolute Gasteiger partial charge is 0.339 e. The Morgan fingerprint density at radius 2 is 1.90 bits per heavy atom. The molecule has 8 nitrogen and oxygen atoms in total. The number of rotatable bonds is 7. The second kappa shape index (κ2) is 9.65. The number of ether oxygens (including phenoxy) is 3. The molecule has 1 aromatic heterocycles. The van der Waals surface area contributed by atoms with Crippen molar-refractivity contribution < 1.29 is 28.3 Å². The van der Waals surface area contributed by atoms with E-state index in [2.05, 4.69) is 5.16 Å². The van der Waals surface area contributed by atoms with Crippen LogP contribution in [0.5, 0.6) is 11.5 Å². The first-order valence-electron chi connectivity index (χ1n) is 10.1. The number of benzene rings is 1. The number of aryl methyl sites for hydroxylation is 2. The number of piperidine rings is 1. The van der Waals surface area contributed by atoms with Gasteiger partial charge in [-0.25, -0.2) is 4.79 Å². The summed E-state index contributed by atoms with van der Waals surface area (Å²) in [6.07, 6.45) is 2.26. The predicted molar refractivity (Wildman–Crippen MR) is 109 cm³/mol. The summed E-state index contributed by atoms with van der Waals surface area (Å²) in [5.74, 6) is 0.828. The number of hydrogen-bond donors (Lipinski definition) is 0. The maximum atomic E-state index is 12.5. The zero-order valence-electron chi connectivity index (χ0n) is 17.9. The van der Waals surface area contributed by atoms with E-state index in [1.165, 1.54) is 7.11 Å². The Balaban J connectivity index is 1.64. The minimum atomic E-state index is -0.836. The molecule has 0 spiro atoms. The molecular weight excluding hydrogens is 388 g/mol. The number of amides is 1. The third-order valence-corrected chi connectivity index (χ3v) is 5.25. The highest BCUT2D eigenvalue weighted by Gasteiger charge is 2.26. The summed E-state index contributed by atoms with van der Waals surface area (Å²) in [7, 11) is 1.50. The van der Waals surface area contributed by atoms with Gasteiger partial charge in [0.2, 0.25) is 0 Å². The van der Waals surface area contributed by atoms with E-state index in [1.54, 1.807) is 30.0 Å². The Labute approximate surface area is 176 Å². The van der Waals surface area contributed by atoms with Crippen molar-refractivity contribution in [3.63, 3.8) is 0 Å². The lowest BCUT2D eigenvalue weighted by Gasteiger charge is -2.28. The molecule has 2 heterocycles. The van der Waals surface area contributed by atoms with E-state index in [0.717, 1.165) is 30.5 Å². The predicted octanol–water partition coefficient (Wildman–Crippen LogP) is 3.44. The van der Waals surface area contributed by atoms with Crippen LogP contribution in [0.15, 0.2) is 22.7 Å². The van der Waals surface area contributed by atoms with Crippen LogP contribution in [0, 0.1) is 13.8 Å². The molecule has 0 radical (unpaired) electrons. The van der Waals surface area contributed by atoms with Gasteiger partial charge in [-0.3, -0.25) is 4.79 Å². The SMILES string of the molecule is COc1cc(C(=O)O[C@@H](C)C(=O)N2CCCCC2)ccc1OCc1c(C)noc1C. The van der Waals surface area contributed by atoms with Crippen LogP contribution in [0.3, 0.4) is 0 Å². The Morgan fingerprint density at radius 1 is 1.17 bits per heavy atom. The molecule has 1 saturated heterocycles. The van der Waals surface area contributed by atoms with E-state index in [-0.39, 0.29) is 18.1 Å². The molecule has 0 saturated carbocycles. The van der Waals surface area contributed by atoms with Gasteiger partial charge in [0.25, 0.3) is 5.91 Å². The van der Waals surface area contributed by atoms with E-state index in [4.69, 9.17) is 18.7 Å². The first-order chi connectivity index (χ1) is 14.4. The van der Waals surface area contributed by atoms with Crippen LogP contribution >= 0.6 is 0 Å². The van der Waals surface area contributed by atoms with Crippen molar-refractivity contribution in [3.8, 4) is 11.5 Å². The van der Waals surface area contributed by atoms with Gasteiger partial charge in [0.05, 0.1) is 23.9 Å². The van der Waals surface area contributed by atoms with Crippen LogP contribution in [0.25, 0.3) is 0 Å². The van der Waals surface area contributed by atoms with Crippen molar-refractivity contribution in [1.82, 2.24) is 10.1 Å². The molecule has 0 aliphatic carbocycles. The number of carbonyl (C=O) groups excluding carboxylic acids is 2. The van der Waals surface area contributed by atoms with E-state index in [9.17, 15) is 9.59 Å². The van der Waals surface area contributed by atoms with Crippen molar-refractivity contribution in [1.29, 1.82) is 0 Å². The van der Waals surface area contributed by atoms with Crippen molar-refractivity contribution in [2.45, 2.75) is 52.7 Å². The fourth-order valence-electron chi connectivity index (χ4n) is 3.42. The molecule has 1 aliphatic heterocycles. The van der Waals surface area contributed by atoms with E-state index in [1.807, 2.05) is 13.8 Å². The zero-order valence-corrected chi connectivity index (χ0v) is 17.9. The van der Waals surface area contributed by atoms with E-state index in [0.29, 0.717) is 30.3 Å². The van der Waals surface area contributed by atoms with Gasteiger partial charge in [0.1, 0.15) is 12.4 Å². The molecule has 1 aromatic carbocycles. The third-order valence-electron chi connectivity index (χ3n) is 5.25. The van der Waals surface area contributed by atoms with Gasteiger partial charge in [0, 0.05) is 13.1 Å². The van der Waals surface area contributed by atoms with Gasteiger partial charge >= 0.3 is 5.97 Å². The topological polar surface area (TPSA) is 91.1 Å². The van der Waals surface area contributed by atoms with Crippen molar-refractivity contribution in [3.05, 3.63) is 40.8 Å². The summed E-state index contributed by atoms with van der Waals surface area (Å²) < 4.78 is 21.7. The highest BCUT2D eigenvalue weighted by molar-refractivity contribution is 5.92. The Bertz CT molecular complexity index is 882. The number of carbonyl (C=O) groups is 2. The number of esters is 1. The largest absolute Gasteiger partial charge is 0.493 e. The summed E-state index contributed by atoms with van der Waals surface area (Å²) in [4.78, 5) is 26.8. The van der Waals surface area contributed by atoms with Crippen LogP contribution in [0.4, 0.5) is 0 Å². The lowest BCUT2D eigenvalue weighted by Crippen LogP contribution is -2.42. The van der Waals surface area contributed by atoms with Crippen LogP contribution < -0.4 is 9.47 Å². The van der Waals surface area contributed by atoms with Crippen LogP contribution in [0.1, 0.15) is 53.6 Å². The van der Waals surface area contributed by atoms with Crippen molar-refractivity contribution in [2.75, 3.05) is 20.2 Å². The van der Waals surface area contributed by atoms with Crippen LogP contribution in [0.2, 0.25) is 0 Å². The molecule has 8 heteroatoms. The minimum absolute atomic E-state index is 0.158. The fourth-order valence-corrected chi connectivity index (χ4v) is 3.42. The molecule has 1 fully saturated rings. The molecule has 30 heavy (non-hydrogen) atoms. The quantitative estimate of drug-likeness (QED) is 0.639. The lowest BCUT2D eigenvalue weighted by molar-refractivity contribution is -0.140. The standard InChI is InChI=1S/C22H28N2O6/c1-14-18(15(2)30-23-14)13-28-19-9-8-17(12-20(19)27-4)22(26)29-16(3)21(25)24-10-6-5-7-11-24/h8-9,12,16H,5-7,10-11,13H2,1-4H3/t16-/m0/s1. The monoisotopic (exact) mass is 416 g/mol. The fraction of sp³-hybridized carbons (Fsp3) is 0.500. The molecule has 1 amide bonds. The molecule has 1 aliphatic rings. The minimum Gasteiger partial charge on any atom is -0.493 e. The first kappa shape index (κ1) is 21.7. The second-order valence-corrected chi connectivity index (χ2v) is 7.39. The Morgan fingerprint density at radius 3 is 2.53 bits per heavy atom. The molecule has 3 rings (SSSR count). The zero-order chi connectivity index (χ0) is 21.7. The molecule has 162 valence electrons. The Kier molecular flexibility index (Phi) is 6.97. The number of methoxy groups -OCH3 is 1.